The molecule has 4 nitrogen and oxygen atoms in total. The van der Waals surface area contributed by atoms with Gasteiger partial charge in [0.25, 0.3) is 0 Å². The summed E-state index contributed by atoms with van der Waals surface area (Å²) >= 11 is 1.59. The van der Waals surface area contributed by atoms with Crippen LogP contribution in [0.15, 0.2) is 0 Å². The van der Waals surface area contributed by atoms with Crippen LogP contribution in [0.1, 0.15) is 29.8 Å². The van der Waals surface area contributed by atoms with Crippen molar-refractivity contribution in [1.82, 2.24) is 4.98 Å². The zero-order valence-corrected chi connectivity index (χ0v) is 10.6. The summed E-state index contributed by atoms with van der Waals surface area (Å²) in [7, 11) is 0. The number of hydrogen-bond acceptors (Lipinski definition) is 4. The molecule has 1 amide bonds. The van der Waals surface area contributed by atoms with Gasteiger partial charge in [-0.1, -0.05) is 6.42 Å². The van der Waals surface area contributed by atoms with Crippen LogP contribution in [-0.2, 0) is 17.6 Å². The first kappa shape index (κ1) is 13.4. The van der Waals surface area contributed by atoms with Crippen molar-refractivity contribution >= 4 is 34.8 Å². The Morgan fingerprint density at radius 1 is 1.38 bits per heavy atom. The molecule has 1 heterocycles. The lowest BCUT2D eigenvalue weighted by Gasteiger charge is -1.97. The van der Waals surface area contributed by atoms with Gasteiger partial charge in [-0.3, -0.25) is 4.79 Å². The van der Waals surface area contributed by atoms with E-state index in [1.165, 1.54) is 29.8 Å². The number of halogens is 1. The fourth-order valence-electron chi connectivity index (χ4n) is 1.75. The van der Waals surface area contributed by atoms with E-state index in [0.29, 0.717) is 5.13 Å². The lowest BCUT2D eigenvalue weighted by Crippen LogP contribution is -2.21. The summed E-state index contributed by atoms with van der Waals surface area (Å²) in [6.07, 6.45) is 5.88. The summed E-state index contributed by atoms with van der Waals surface area (Å²) in [5, 5.41) is 3.42. The first-order valence-electron chi connectivity index (χ1n) is 5.28. The number of rotatable bonds is 2. The first-order valence-corrected chi connectivity index (χ1v) is 6.09. The number of thiazole rings is 1. The molecule has 0 aromatic carbocycles. The molecule has 1 aromatic rings. The van der Waals surface area contributed by atoms with Gasteiger partial charge in [-0.2, -0.15) is 0 Å². The minimum Gasteiger partial charge on any atom is -0.322 e. The van der Waals surface area contributed by atoms with Gasteiger partial charge in [0.15, 0.2) is 5.13 Å². The van der Waals surface area contributed by atoms with Crippen molar-refractivity contribution in [3.63, 3.8) is 0 Å². The van der Waals surface area contributed by atoms with Crippen molar-refractivity contribution in [2.45, 2.75) is 32.1 Å². The summed E-state index contributed by atoms with van der Waals surface area (Å²) in [5.74, 6) is -0.168. The molecule has 0 unspecified atom stereocenters. The van der Waals surface area contributed by atoms with Gasteiger partial charge >= 0.3 is 0 Å². The van der Waals surface area contributed by atoms with Crippen molar-refractivity contribution < 1.29 is 4.79 Å². The van der Waals surface area contributed by atoms with Crippen LogP contribution in [-0.4, -0.2) is 17.4 Å². The molecule has 1 aliphatic carbocycles. The van der Waals surface area contributed by atoms with Crippen LogP contribution in [0.4, 0.5) is 5.13 Å². The number of amides is 1. The van der Waals surface area contributed by atoms with E-state index in [2.05, 4.69) is 10.3 Å². The molecule has 90 valence electrons. The summed E-state index contributed by atoms with van der Waals surface area (Å²) < 4.78 is 0. The Kier molecular flexibility index (Phi) is 5.18. The molecule has 0 radical (unpaired) electrons. The lowest BCUT2D eigenvalue weighted by atomic mass is 10.2. The maximum absolute atomic E-state index is 11.1. The Balaban J connectivity index is 0.00000128. The normalized spacial score (nSPS) is 14.6. The fraction of sp³-hybridized carbons (Fsp3) is 0.600. The van der Waals surface area contributed by atoms with E-state index in [0.717, 1.165) is 12.8 Å². The van der Waals surface area contributed by atoms with E-state index in [4.69, 9.17) is 5.73 Å². The van der Waals surface area contributed by atoms with Gasteiger partial charge in [-0.15, -0.1) is 23.7 Å². The third-order valence-corrected chi connectivity index (χ3v) is 3.60. The van der Waals surface area contributed by atoms with E-state index in [1.54, 1.807) is 11.3 Å². The highest BCUT2D eigenvalue weighted by atomic mass is 35.5. The fourth-order valence-corrected chi connectivity index (χ4v) is 2.82. The molecule has 16 heavy (non-hydrogen) atoms. The maximum Gasteiger partial charge on any atom is 0.239 e. The topological polar surface area (TPSA) is 68.0 Å². The van der Waals surface area contributed by atoms with Crippen molar-refractivity contribution in [3.05, 3.63) is 10.6 Å². The number of nitrogens with two attached hydrogens (primary N) is 1. The Hall–Kier alpha value is -0.650. The van der Waals surface area contributed by atoms with E-state index in [-0.39, 0.29) is 24.9 Å². The Bertz CT molecular complexity index is 343. The molecule has 0 aliphatic heterocycles. The highest BCUT2D eigenvalue weighted by molar-refractivity contribution is 7.15. The lowest BCUT2D eigenvalue weighted by molar-refractivity contribution is -0.114. The van der Waals surface area contributed by atoms with Crippen molar-refractivity contribution in [2.75, 3.05) is 11.9 Å². The van der Waals surface area contributed by atoms with Crippen LogP contribution in [0.5, 0.6) is 0 Å². The summed E-state index contributed by atoms with van der Waals surface area (Å²) in [4.78, 5) is 16.9. The first-order chi connectivity index (χ1) is 7.29. The zero-order valence-electron chi connectivity index (χ0n) is 8.99. The molecule has 3 N–H and O–H groups in total. The second-order valence-electron chi connectivity index (χ2n) is 3.70. The Morgan fingerprint density at radius 3 is 2.88 bits per heavy atom. The molecular formula is C10H16ClN3OS. The van der Waals surface area contributed by atoms with Crippen LogP contribution in [0, 0.1) is 0 Å². The third kappa shape index (κ3) is 3.17. The smallest absolute Gasteiger partial charge is 0.239 e. The number of anilines is 1. The molecule has 0 atom stereocenters. The van der Waals surface area contributed by atoms with Crippen LogP contribution in [0.25, 0.3) is 0 Å². The van der Waals surface area contributed by atoms with Gasteiger partial charge in [0, 0.05) is 4.88 Å². The van der Waals surface area contributed by atoms with Gasteiger partial charge in [-0.25, -0.2) is 4.98 Å². The number of carbonyl (C=O) groups excluding carboxylic acids is 1. The highest BCUT2D eigenvalue weighted by Gasteiger charge is 2.14. The van der Waals surface area contributed by atoms with Gasteiger partial charge < -0.3 is 11.1 Å². The minimum absolute atomic E-state index is 0. The third-order valence-electron chi connectivity index (χ3n) is 2.53. The number of aromatic nitrogens is 1. The van der Waals surface area contributed by atoms with Crippen LogP contribution >= 0.6 is 23.7 Å². The molecule has 6 heteroatoms. The monoisotopic (exact) mass is 261 g/mol. The molecule has 0 saturated heterocycles. The zero-order chi connectivity index (χ0) is 10.7. The van der Waals surface area contributed by atoms with Gasteiger partial charge in [0.05, 0.1) is 12.2 Å². The summed E-state index contributed by atoms with van der Waals surface area (Å²) in [5.41, 5.74) is 6.40. The van der Waals surface area contributed by atoms with E-state index in [1.807, 2.05) is 0 Å². The number of nitrogens with zero attached hydrogens (tertiary/aromatic N) is 1. The Morgan fingerprint density at radius 2 is 2.12 bits per heavy atom. The largest absolute Gasteiger partial charge is 0.322 e. The minimum atomic E-state index is -0.168. The van der Waals surface area contributed by atoms with Crippen molar-refractivity contribution in [2.24, 2.45) is 5.73 Å². The molecule has 1 aromatic heterocycles. The van der Waals surface area contributed by atoms with Gasteiger partial charge in [-0.05, 0) is 25.7 Å². The summed E-state index contributed by atoms with van der Waals surface area (Å²) in [6, 6.07) is 0. The van der Waals surface area contributed by atoms with Crippen LogP contribution < -0.4 is 11.1 Å². The average Bonchev–Trinajstić information content (AvgIpc) is 2.48. The molecule has 0 bridgehead atoms. The standard InChI is InChI=1S/C10H15N3OS.ClH/c11-6-9(14)13-10-12-7-4-2-1-3-5-8(7)15-10;/h1-6,11H2,(H,12,13,14);1H. The van der Waals surface area contributed by atoms with E-state index < -0.39 is 0 Å². The molecule has 2 rings (SSSR count). The van der Waals surface area contributed by atoms with Crippen molar-refractivity contribution in [1.29, 1.82) is 0 Å². The Labute approximate surface area is 105 Å². The number of aryl methyl sites for hydroxylation is 2. The molecular weight excluding hydrogens is 246 g/mol. The predicted molar refractivity (Wildman–Crippen MR) is 68.3 cm³/mol. The highest BCUT2D eigenvalue weighted by Crippen LogP contribution is 2.28. The maximum atomic E-state index is 11.1. The number of hydrogen-bond donors (Lipinski definition) is 2. The van der Waals surface area contributed by atoms with Crippen LogP contribution in [0.2, 0.25) is 0 Å². The van der Waals surface area contributed by atoms with E-state index >= 15 is 0 Å². The number of carbonyl (C=O) groups is 1. The quantitative estimate of drug-likeness (QED) is 0.797. The van der Waals surface area contributed by atoms with Gasteiger partial charge in [0.2, 0.25) is 5.91 Å². The number of fused-ring (bicyclic) bond motifs is 1. The average molecular weight is 262 g/mol. The summed E-state index contributed by atoms with van der Waals surface area (Å²) in [6.45, 7) is 0.0181. The SMILES string of the molecule is Cl.NCC(=O)Nc1nc2c(s1)CCCCC2. The second-order valence-corrected chi connectivity index (χ2v) is 4.79. The molecule has 0 spiro atoms. The second kappa shape index (κ2) is 6.18. The molecule has 0 saturated carbocycles. The number of nitrogens with one attached hydrogen (secondary N) is 1. The van der Waals surface area contributed by atoms with Crippen LogP contribution in [0.3, 0.4) is 0 Å². The van der Waals surface area contributed by atoms with Crippen molar-refractivity contribution in [3.8, 4) is 0 Å². The van der Waals surface area contributed by atoms with E-state index in [9.17, 15) is 4.79 Å². The predicted octanol–water partition coefficient (Wildman–Crippen LogP) is 1.73. The van der Waals surface area contributed by atoms with Gasteiger partial charge in [0.1, 0.15) is 0 Å². The molecule has 1 aliphatic rings. The molecule has 0 fully saturated rings.